The van der Waals surface area contributed by atoms with Gasteiger partial charge in [0.15, 0.2) is 5.69 Å². The first-order chi connectivity index (χ1) is 8.56. The summed E-state index contributed by atoms with van der Waals surface area (Å²) in [4.78, 5) is 13.8. The van der Waals surface area contributed by atoms with E-state index in [-0.39, 0.29) is 5.91 Å². The molecule has 1 heterocycles. The molecule has 94 valence electrons. The molecule has 0 aliphatic heterocycles. The van der Waals surface area contributed by atoms with Crippen LogP contribution in [0.25, 0.3) is 0 Å². The monoisotopic (exact) mass is 245 g/mol. The van der Waals surface area contributed by atoms with Gasteiger partial charge in [0.2, 0.25) is 0 Å². The van der Waals surface area contributed by atoms with Gasteiger partial charge in [0.05, 0.1) is 6.20 Å². The lowest BCUT2D eigenvalue weighted by atomic mass is 10.2. The van der Waals surface area contributed by atoms with Crippen molar-refractivity contribution in [3.05, 3.63) is 36.2 Å². The van der Waals surface area contributed by atoms with Gasteiger partial charge in [-0.25, -0.2) is 0 Å². The second-order valence-electron chi connectivity index (χ2n) is 4.18. The van der Waals surface area contributed by atoms with E-state index in [1.54, 1.807) is 13.2 Å². The van der Waals surface area contributed by atoms with E-state index in [0.717, 1.165) is 11.4 Å². The minimum absolute atomic E-state index is 0.265. The number of nitrogens with zero attached hydrogens (tertiary/aromatic N) is 4. The van der Waals surface area contributed by atoms with Gasteiger partial charge in [-0.05, 0) is 18.2 Å². The first-order valence-corrected chi connectivity index (χ1v) is 5.51. The molecular formula is C12H15N5O. The minimum Gasteiger partial charge on any atom is -0.378 e. The van der Waals surface area contributed by atoms with Crippen LogP contribution in [0.4, 0.5) is 11.4 Å². The van der Waals surface area contributed by atoms with Crippen LogP contribution in [0.1, 0.15) is 10.5 Å². The predicted molar refractivity (Wildman–Crippen MR) is 69.7 cm³/mol. The Labute approximate surface area is 105 Å². The number of amides is 1. The molecule has 18 heavy (non-hydrogen) atoms. The molecule has 6 nitrogen and oxygen atoms in total. The molecule has 1 aromatic carbocycles. The van der Waals surface area contributed by atoms with E-state index >= 15 is 0 Å². The average Bonchev–Trinajstić information content (AvgIpc) is 2.76. The number of rotatable bonds is 3. The largest absolute Gasteiger partial charge is 0.378 e. The highest BCUT2D eigenvalue weighted by atomic mass is 16.2. The highest BCUT2D eigenvalue weighted by Gasteiger charge is 2.10. The molecule has 0 saturated carbocycles. The summed E-state index contributed by atoms with van der Waals surface area (Å²) in [7, 11) is 5.61. The molecule has 0 unspecified atom stereocenters. The Morgan fingerprint density at radius 3 is 2.78 bits per heavy atom. The Morgan fingerprint density at radius 1 is 1.39 bits per heavy atom. The number of carbonyl (C=O) groups is 1. The molecule has 1 amide bonds. The van der Waals surface area contributed by atoms with Crippen LogP contribution in [0, 0.1) is 0 Å². The number of hydrogen-bond acceptors (Lipinski definition) is 4. The van der Waals surface area contributed by atoms with Crippen molar-refractivity contribution in [1.29, 1.82) is 0 Å². The number of aromatic nitrogens is 3. The molecule has 0 saturated heterocycles. The molecule has 1 N–H and O–H groups in total. The third kappa shape index (κ3) is 2.65. The fourth-order valence-corrected chi connectivity index (χ4v) is 1.51. The van der Waals surface area contributed by atoms with Crippen molar-refractivity contribution in [1.82, 2.24) is 15.0 Å². The molecular weight excluding hydrogens is 230 g/mol. The van der Waals surface area contributed by atoms with Crippen molar-refractivity contribution in [2.45, 2.75) is 0 Å². The van der Waals surface area contributed by atoms with Crippen LogP contribution < -0.4 is 10.2 Å². The highest BCUT2D eigenvalue weighted by molar-refractivity contribution is 6.02. The average molecular weight is 245 g/mol. The van der Waals surface area contributed by atoms with Crippen LogP contribution in [0.15, 0.2) is 30.5 Å². The van der Waals surface area contributed by atoms with Gasteiger partial charge in [-0.1, -0.05) is 11.3 Å². The first kappa shape index (κ1) is 12.1. The van der Waals surface area contributed by atoms with Crippen molar-refractivity contribution in [3.63, 3.8) is 0 Å². The van der Waals surface area contributed by atoms with Crippen LogP contribution >= 0.6 is 0 Å². The van der Waals surface area contributed by atoms with Gasteiger partial charge in [-0.2, -0.15) is 0 Å². The number of carbonyl (C=O) groups excluding carboxylic acids is 1. The molecule has 2 rings (SSSR count). The van der Waals surface area contributed by atoms with Gasteiger partial charge < -0.3 is 10.2 Å². The zero-order chi connectivity index (χ0) is 13.1. The van der Waals surface area contributed by atoms with Crippen molar-refractivity contribution >= 4 is 17.3 Å². The summed E-state index contributed by atoms with van der Waals surface area (Å²) in [6, 6.07) is 7.59. The van der Waals surface area contributed by atoms with Crippen LogP contribution in [-0.2, 0) is 7.05 Å². The molecule has 0 aliphatic carbocycles. The molecule has 6 heteroatoms. The fourth-order valence-electron chi connectivity index (χ4n) is 1.51. The van der Waals surface area contributed by atoms with Gasteiger partial charge in [0.25, 0.3) is 5.91 Å². The lowest BCUT2D eigenvalue weighted by Gasteiger charge is -2.13. The van der Waals surface area contributed by atoms with Gasteiger partial charge in [0.1, 0.15) is 0 Å². The van der Waals surface area contributed by atoms with E-state index < -0.39 is 0 Å². The van der Waals surface area contributed by atoms with Crippen molar-refractivity contribution in [3.8, 4) is 0 Å². The van der Waals surface area contributed by atoms with Gasteiger partial charge in [0, 0.05) is 32.5 Å². The molecule has 0 fully saturated rings. The van der Waals surface area contributed by atoms with E-state index in [1.807, 2.05) is 43.3 Å². The van der Waals surface area contributed by atoms with E-state index in [4.69, 9.17) is 0 Å². The summed E-state index contributed by atoms with van der Waals surface area (Å²) in [5.74, 6) is -0.265. The summed E-state index contributed by atoms with van der Waals surface area (Å²) in [5.41, 5.74) is 2.05. The smallest absolute Gasteiger partial charge is 0.277 e. The molecule has 0 atom stereocenters. The van der Waals surface area contributed by atoms with Gasteiger partial charge in [-0.3, -0.25) is 9.48 Å². The Balaban J connectivity index is 2.14. The summed E-state index contributed by atoms with van der Waals surface area (Å²) < 4.78 is 1.49. The second-order valence-corrected chi connectivity index (χ2v) is 4.18. The zero-order valence-electron chi connectivity index (χ0n) is 10.6. The number of benzene rings is 1. The fraction of sp³-hybridized carbons (Fsp3) is 0.250. The maximum absolute atomic E-state index is 11.9. The Bertz CT molecular complexity index is 561. The summed E-state index contributed by atoms with van der Waals surface area (Å²) in [5, 5.41) is 10.3. The first-order valence-electron chi connectivity index (χ1n) is 5.51. The van der Waals surface area contributed by atoms with E-state index in [9.17, 15) is 4.79 Å². The van der Waals surface area contributed by atoms with Crippen molar-refractivity contribution < 1.29 is 4.79 Å². The molecule has 0 radical (unpaired) electrons. The summed E-state index contributed by atoms with van der Waals surface area (Å²) >= 11 is 0. The van der Waals surface area contributed by atoms with Crippen LogP contribution in [0.5, 0.6) is 0 Å². The molecule has 0 spiro atoms. The zero-order valence-corrected chi connectivity index (χ0v) is 10.6. The maximum atomic E-state index is 11.9. The third-order valence-electron chi connectivity index (χ3n) is 2.46. The lowest BCUT2D eigenvalue weighted by molar-refractivity contribution is 0.102. The minimum atomic E-state index is -0.265. The molecule has 0 bridgehead atoms. The number of anilines is 2. The van der Waals surface area contributed by atoms with E-state index in [0.29, 0.717) is 5.69 Å². The SMILES string of the molecule is CN(C)c1cccc(NC(=O)c2cn(C)nn2)c1. The number of hydrogen-bond donors (Lipinski definition) is 1. The number of aryl methyl sites for hydroxylation is 1. The Hall–Kier alpha value is -2.37. The highest BCUT2D eigenvalue weighted by Crippen LogP contribution is 2.17. The quantitative estimate of drug-likeness (QED) is 0.880. The third-order valence-corrected chi connectivity index (χ3v) is 2.46. The van der Waals surface area contributed by atoms with Crippen LogP contribution in [0.2, 0.25) is 0 Å². The summed E-state index contributed by atoms with van der Waals surface area (Å²) in [6.45, 7) is 0. The second kappa shape index (κ2) is 4.87. The van der Waals surface area contributed by atoms with Crippen LogP contribution in [0.3, 0.4) is 0 Å². The normalized spacial score (nSPS) is 10.2. The van der Waals surface area contributed by atoms with Crippen LogP contribution in [-0.4, -0.2) is 35.0 Å². The number of nitrogens with one attached hydrogen (secondary N) is 1. The van der Waals surface area contributed by atoms with Gasteiger partial charge in [-0.15, -0.1) is 5.10 Å². The Kier molecular flexibility index (Phi) is 3.27. The van der Waals surface area contributed by atoms with E-state index in [2.05, 4.69) is 15.6 Å². The summed E-state index contributed by atoms with van der Waals surface area (Å²) in [6.07, 6.45) is 1.57. The maximum Gasteiger partial charge on any atom is 0.277 e. The molecule has 2 aromatic rings. The lowest BCUT2D eigenvalue weighted by Crippen LogP contribution is -2.13. The molecule has 0 aliphatic rings. The van der Waals surface area contributed by atoms with Crippen molar-refractivity contribution in [2.24, 2.45) is 7.05 Å². The standard InChI is InChI=1S/C12H15N5O/c1-16(2)10-6-4-5-9(7-10)13-12(18)11-8-17(3)15-14-11/h4-8H,1-3H3,(H,13,18). The topological polar surface area (TPSA) is 63.1 Å². The van der Waals surface area contributed by atoms with Gasteiger partial charge >= 0.3 is 0 Å². The predicted octanol–water partition coefficient (Wildman–Crippen LogP) is 1.13. The molecule has 1 aromatic heterocycles. The van der Waals surface area contributed by atoms with E-state index in [1.165, 1.54) is 4.68 Å². The Morgan fingerprint density at radius 2 is 2.17 bits per heavy atom. The van der Waals surface area contributed by atoms with Crippen molar-refractivity contribution in [2.75, 3.05) is 24.3 Å².